The molecule has 0 aliphatic carbocycles. The molecule has 0 aliphatic heterocycles. The number of carbonyl (C=O) groups excluding carboxylic acids is 1. The van der Waals surface area contributed by atoms with Gasteiger partial charge in [0.25, 0.3) is 5.91 Å². The SMILES string of the molecule is O=C(NCCCn1ccnn1)c1csc(Cc2ccccc2)n1. The summed E-state index contributed by atoms with van der Waals surface area (Å²) >= 11 is 1.52. The van der Waals surface area contributed by atoms with Crippen LogP contribution in [-0.2, 0) is 13.0 Å². The van der Waals surface area contributed by atoms with Gasteiger partial charge in [0.2, 0.25) is 0 Å². The van der Waals surface area contributed by atoms with Gasteiger partial charge in [0, 0.05) is 31.1 Å². The summed E-state index contributed by atoms with van der Waals surface area (Å²) in [5.41, 5.74) is 1.68. The van der Waals surface area contributed by atoms with E-state index in [0.717, 1.165) is 24.4 Å². The van der Waals surface area contributed by atoms with E-state index in [0.29, 0.717) is 12.2 Å². The molecule has 0 bridgehead atoms. The van der Waals surface area contributed by atoms with E-state index < -0.39 is 0 Å². The lowest BCUT2D eigenvalue weighted by atomic mass is 10.2. The normalized spacial score (nSPS) is 10.6. The summed E-state index contributed by atoms with van der Waals surface area (Å²) < 4.78 is 1.74. The fourth-order valence-corrected chi connectivity index (χ4v) is 2.96. The molecule has 118 valence electrons. The molecule has 3 rings (SSSR count). The van der Waals surface area contributed by atoms with Gasteiger partial charge in [-0.05, 0) is 12.0 Å². The van der Waals surface area contributed by atoms with Gasteiger partial charge in [0.15, 0.2) is 0 Å². The van der Waals surface area contributed by atoms with E-state index in [4.69, 9.17) is 0 Å². The van der Waals surface area contributed by atoms with Crippen molar-refractivity contribution in [3.8, 4) is 0 Å². The van der Waals surface area contributed by atoms with Crippen LogP contribution in [0.3, 0.4) is 0 Å². The van der Waals surface area contributed by atoms with Crippen LogP contribution in [0.2, 0.25) is 0 Å². The van der Waals surface area contributed by atoms with Crippen molar-refractivity contribution >= 4 is 17.2 Å². The molecular formula is C16H17N5OS. The van der Waals surface area contributed by atoms with Crippen molar-refractivity contribution in [1.29, 1.82) is 0 Å². The molecule has 3 aromatic rings. The van der Waals surface area contributed by atoms with Crippen LogP contribution in [0.15, 0.2) is 48.1 Å². The Bertz CT molecular complexity index is 739. The number of nitrogens with zero attached hydrogens (tertiary/aromatic N) is 4. The molecule has 0 aliphatic rings. The van der Waals surface area contributed by atoms with Crippen LogP contribution in [0.25, 0.3) is 0 Å². The Kier molecular flexibility index (Phi) is 5.10. The van der Waals surface area contributed by atoms with Gasteiger partial charge < -0.3 is 5.32 Å². The first-order valence-corrected chi connectivity index (χ1v) is 8.30. The standard InChI is InChI=1S/C16H17N5OS/c22-16(17-7-4-9-21-10-8-18-20-21)14-12-23-15(19-14)11-13-5-2-1-3-6-13/h1-3,5-6,8,10,12H,4,7,9,11H2,(H,17,22). The number of aryl methyl sites for hydroxylation is 1. The second-order valence-corrected chi connectivity index (χ2v) is 6.01. The van der Waals surface area contributed by atoms with Crippen LogP contribution in [0, 0.1) is 0 Å². The van der Waals surface area contributed by atoms with Crippen molar-refractivity contribution in [2.45, 2.75) is 19.4 Å². The van der Waals surface area contributed by atoms with Crippen LogP contribution in [-0.4, -0.2) is 32.4 Å². The van der Waals surface area contributed by atoms with Gasteiger partial charge in [-0.15, -0.1) is 16.4 Å². The number of thiazole rings is 1. The Morgan fingerprint density at radius 3 is 2.91 bits per heavy atom. The molecule has 0 spiro atoms. The lowest BCUT2D eigenvalue weighted by molar-refractivity contribution is 0.0948. The van der Waals surface area contributed by atoms with Crippen molar-refractivity contribution in [1.82, 2.24) is 25.3 Å². The molecule has 0 fully saturated rings. The highest BCUT2D eigenvalue weighted by molar-refractivity contribution is 7.09. The highest BCUT2D eigenvalue weighted by atomic mass is 32.1. The monoisotopic (exact) mass is 327 g/mol. The Balaban J connectivity index is 1.46. The molecule has 7 heteroatoms. The molecular weight excluding hydrogens is 310 g/mol. The van der Waals surface area contributed by atoms with E-state index >= 15 is 0 Å². The minimum absolute atomic E-state index is 0.126. The maximum Gasteiger partial charge on any atom is 0.270 e. The molecule has 0 saturated heterocycles. The van der Waals surface area contributed by atoms with Crippen LogP contribution in [0.1, 0.15) is 27.5 Å². The Labute approximate surface area is 138 Å². The molecule has 1 N–H and O–H groups in total. The summed E-state index contributed by atoms with van der Waals surface area (Å²) in [4.78, 5) is 16.5. The highest BCUT2D eigenvalue weighted by Crippen LogP contribution is 2.14. The Morgan fingerprint density at radius 2 is 2.13 bits per heavy atom. The second-order valence-electron chi connectivity index (χ2n) is 5.06. The number of hydrogen-bond donors (Lipinski definition) is 1. The Morgan fingerprint density at radius 1 is 1.26 bits per heavy atom. The molecule has 2 heterocycles. The molecule has 2 aromatic heterocycles. The van der Waals surface area contributed by atoms with Crippen LogP contribution in [0.5, 0.6) is 0 Å². The third kappa shape index (κ3) is 4.46. The van der Waals surface area contributed by atoms with Crippen molar-refractivity contribution in [3.05, 3.63) is 64.4 Å². The summed E-state index contributed by atoms with van der Waals surface area (Å²) in [6, 6.07) is 10.1. The zero-order chi connectivity index (χ0) is 15.9. The maximum atomic E-state index is 12.1. The van der Waals surface area contributed by atoms with E-state index in [1.54, 1.807) is 17.1 Å². The smallest absolute Gasteiger partial charge is 0.270 e. The summed E-state index contributed by atoms with van der Waals surface area (Å²) in [6.45, 7) is 1.32. The number of amides is 1. The average Bonchev–Trinajstić information content (AvgIpc) is 3.24. The number of aromatic nitrogens is 4. The zero-order valence-electron chi connectivity index (χ0n) is 12.6. The van der Waals surface area contributed by atoms with Crippen LogP contribution >= 0.6 is 11.3 Å². The van der Waals surface area contributed by atoms with Gasteiger partial charge in [-0.25, -0.2) is 4.98 Å². The van der Waals surface area contributed by atoms with Crippen molar-refractivity contribution in [2.24, 2.45) is 0 Å². The average molecular weight is 327 g/mol. The minimum atomic E-state index is -0.126. The topological polar surface area (TPSA) is 72.7 Å². The van der Waals surface area contributed by atoms with Gasteiger partial charge in [0.1, 0.15) is 5.69 Å². The quantitative estimate of drug-likeness (QED) is 0.675. The van der Waals surface area contributed by atoms with Gasteiger partial charge in [0.05, 0.1) is 11.2 Å². The summed E-state index contributed by atoms with van der Waals surface area (Å²) in [5.74, 6) is -0.126. The van der Waals surface area contributed by atoms with Crippen LogP contribution < -0.4 is 5.32 Å². The molecule has 0 radical (unpaired) electrons. The molecule has 6 nitrogen and oxygen atoms in total. The summed E-state index contributed by atoms with van der Waals surface area (Å²) in [7, 11) is 0. The molecule has 0 saturated carbocycles. The number of hydrogen-bond acceptors (Lipinski definition) is 5. The molecule has 23 heavy (non-hydrogen) atoms. The van der Waals surface area contributed by atoms with E-state index in [9.17, 15) is 4.79 Å². The van der Waals surface area contributed by atoms with Gasteiger partial charge in [-0.1, -0.05) is 35.5 Å². The predicted molar refractivity (Wildman–Crippen MR) is 88.3 cm³/mol. The predicted octanol–water partition coefficient (Wildman–Crippen LogP) is 2.15. The fraction of sp³-hybridized carbons (Fsp3) is 0.250. The molecule has 0 atom stereocenters. The third-order valence-corrected chi connectivity index (χ3v) is 4.15. The number of benzene rings is 1. The Hall–Kier alpha value is -2.54. The van der Waals surface area contributed by atoms with Gasteiger partial charge in [-0.2, -0.15) is 0 Å². The van der Waals surface area contributed by atoms with Crippen molar-refractivity contribution in [3.63, 3.8) is 0 Å². The molecule has 1 aromatic carbocycles. The fourth-order valence-electron chi connectivity index (χ4n) is 2.15. The van der Waals surface area contributed by atoms with Crippen LogP contribution in [0.4, 0.5) is 0 Å². The number of carbonyl (C=O) groups is 1. The van der Waals surface area contributed by atoms with E-state index in [-0.39, 0.29) is 5.91 Å². The van der Waals surface area contributed by atoms with E-state index in [2.05, 4.69) is 32.7 Å². The first-order valence-electron chi connectivity index (χ1n) is 7.42. The lowest BCUT2D eigenvalue weighted by Gasteiger charge is -2.03. The van der Waals surface area contributed by atoms with Crippen molar-refractivity contribution in [2.75, 3.05) is 6.54 Å². The third-order valence-electron chi connectivity index (χ3n) is 3.30. The van der Waals surface area contributed by atoms with Crippen molar-refractivity contribution < 1.29 is 4.79 Å². The second kappa shape index (κ2) is 7.64. The molecule has 1 amide bonds. The minimum Gasteiger partial charge on any atom is -0.351 e. The largest absolute Gasteiger partial charge is 0.351 e. The number of rotatable bonds is 7. The molecule has 0 unspecified atom stereocenters. The summed E-state index contributed by atoms with van der Waals surface area (Å²) in [5, 5.41) is 13.3. The first kappa shape index (κ1) is 15.4. The zero-order valence-corrected chi connectivity index (χ0v) is 13.4. The number of nitrogens with one attached hydrogen (secondary N) is 1. The van der Waals surface area contributed by atoms with Gasteiger partial charge >= 0.3 is 0 Å². The summed E-state index contributed by atoms with van der Waals surface area (Å²) in [6.07, 6.45) is 5.00. The highest BCUT2D eigenvalue weighted by Gasteiger charge is 2.10. The maximum absolute atomic E-state index is 12.1. The van der Waals surface area contributed by atoms with E-state index in [1.807, 2.05) is 23.6 Å². The van der Waals surface area contributed by atoms with Gasteiger partial charge in [-0.3, -0.25) is 9.48 Å². The lowest BCUT2D eigenvalue weighted by Crippen LogP contribution is -2.25. The van der Waals surface area contributed by atoms with E-state index in [1.165, 1.54) is 16.9 Å². The first-order chi connectivity index (χ1) is 11.3.